The molecule has 0 saturated carbocycles. The van der Waals surface area contributed by atoms with Gasteiger partial charge < -0.3 is 21.3 Å². The maximum Gasteiger partial charge on any atom is 0.273 e. The van der Waals surface area contributed by atoms with Crippen molar-refractivity contribution in [2.24, 2.45) is 5.92 Å². The minimum absolute atomic E-state index is 0.0183. The molecule has 0 radical (unpaired) electrons. The van der Waals surface area contributed by atoms with E-state index in [1.54, 1.807) is 35.5 Å². The number of nitrogen functional groups attached to an aromatic ring is 1. The maximum atomic E-state index is 13.4. The second-order valence-electron chi connectivity index (χ2n) is 10.6. The van der Waals surface area contributed by atoms with Gasteiger partial charge in [0.05, 0.1) is 6.04 Å². The molecule has 0 aliphatic carbocycles. The van der Waals surface area contributed by atoms with Crippen LogP contribution in [0.1, 0.15) is 59.4 Å². The largest absolute Gasteiger partial charge is 0.382 e. The standard InChI is InChI=1S/C30H30ClN9O2/c1-17(2)20-9-11-33-23(16-20)37-28(41)19-7-5-18(6-8-19)24-25-26(32)34-13-15-40(25)27(38-24)22-4-3-14-39(22)29(42)21-10-12-35-30(31)36-21/h5-13,15-17,22-23,33H,3-4,14H2,1-2H3,(H2,32,34)(H,37,41). The number of aromatic nitrogens is 5. The summed E-state index contributed by atoms with van der Waals surface area (Å²) in [5.41, 5.74) is 10.3. The van der Waals surface area contributed by atoms with E-state index in [4.69, 9.17) is 22.3 Å². The van der Waals surface area contributed by atoms with Gasteiger partial charge in [-0.2, -0.15) is 0 Å². The molecule has 214 valence electrons. The van der Waals surface area contributed by atoms with Gasteiger partial charge in [-0.3, -0.25) is 14.0 Å². The summed E-state index contributed by atoms with van der Waals surface area (Å²) in [7, 11) is 0. The van der Waals surface area contributed by atoms with E-state index >= 15 is 0 Å². The van der Waals surface area contributed by atoms with E-state index in [0.29, 0.717) is 40.9 Å². The van der Waals surface area contributed by atoms with Crippen LogP contribution < -0.4 is 16.4 Å². The van der Waals surface area contributed by atoms with Gasteiger partial charge in [0.25, 0.3) is 11.8 Å². The van der Waals surface area contributed by atoms with Crippen LogP contribution in [0.5, 0.6) is 0 Å². The number of allylic oxidation sites excluding steroid dienone is 2. The smallest absolute Gasteiger partial charge is 0.273 e. The van der Waals surface area contributed by atoms with E-state index in [-0.39, 0.29) is 35.0 Å². The molecule has 0 bridgehead atoms. The van der Waals surface area contributed by atoms with Crippen LogP contribution in [0, 0.1) is 5.92 Å². The molecule has 4 N–H and O–H groups in total. The number of hydrogen-bond donors (Lipinski definition) is 3. The molecule has 5 heterocycles. The zero-order valence-corrected chi connectivity index (χ0v) is 23.9. The minimum atomic E-state index is -0.305. The van der Waals surface area contributed by atoms with Gasteiger partial charge in [0.1, 0.15) is 34.7 Å². The third-order valence-corrected chi connectivity index (χ3v) is 7.73. The summed E-state index contributed by atoms with van der Waals surface area (Å²) in [6, 6.07) is 8.46. The van der Waals surface area contributed by atoms with Crippen LogP contribution in [0.2, 0.25) is 5.28 Å². The molecule has 1 aromatic carbocycles. The van der Waals surface area contributed by atoms with E-state index in [9.17, 15) is 9.59 Å². The predicted molar refractivity (Wildman–Crippen MR) is 159 cm³/mol. The zero-order chi connectivity index (χ0) is 29.4. The van der Waals surface area contributed by atoms with Gasteiger partial charge in [0.15, 0.2) is 0 Å². The lowest BCUT2D eigenvalue weighted by Crippen LogP contribution is -2.43. The number of anilines is 1. The molecule has 3 aromatic heterocycles. The number of fused-ring (bicyclic) bond motifs is 1. The van der Waals surface area contributed by atoms with Gasteiger partial charge in [-0.15, -0.1) is 0 Å². The molecule has 1 fully saturated rings. The van der Waals surface area contributed by atoms with Gasteiger partial charge >= 0.3 is 0 Å². The third kappa shape index (κ3) is 5.18. The Balaban J connectivity index is 1.29. The third-order valence-electron chi connectivity index (χ3n) is 7.55. The zero-order valence-electron chi connectivity index (χ0n) is 23.2. The Kier molecular flexibility index (Phi) is 7.34. The molecule has 2 atom stereocenters. The first-order valence-electron chi connectivity index (χ1n) is 13.8. The number of benzene rings is 1. The van der Waals surface area contributed by atoms with Crippen molar-refractivity contribution >= 4 is 34.7 Å². The summed E-state index contributed by atoms with van der Waals surface area (Å²) in [5, 5.41) is 6.19. The van der Waals surface area contributed by atoms with Crippen molar-refractivity contribution in [1.29, 1.82) is 0 Å². The second-order valence-corrected chi connectivity index (χ2v) is 10.9. The van der Waals surface area contributed by atoms with Crippen molar-refractivity contribution in [1.82, 2.24) is 39.9 Å². The number of imidazole rings is 1. The SMILES string of the molecule is CC(C)C1=CC(NC(=O)c2ccc(-c3nc(C4CCCN4C(=O)c4ccnc(Cl)n4)n4ccnc(N)c34)cc2)NC=C1. The van der Waals surface area contributed by atoms with E-state index in [0.717, 1.165) is 24.0 Å². The van der Waals surface area contributed by atoms with Crippen molar-refractivity contribution < 1.29 is 9.59 Å². The fourth-order valence-corrected chi connectivity index (χ4v) is 5.57. The van der Waals surface area contributed by atoms with E-state index in [1.807, 2.05) is 34.9 Å². The van der Waals surface area contributed by atoms with Crippen molar-refractivity contribution in [3.05, 3.63) is 95.2 Å². The number of hydrogen-bond acceptors (Lipinski definition) is 8. The number of rotatable bonds is 6. The van der Waals surface area contributed by atoms with Gasteiger partial charge in [-0.25, -0.2) is 19.9 Å². The van der Waals surface area contributed by atoms with Gasteiger partial charge in [0, 0.05) is 36.3 Å². The highest BCUT2D eigenvalue weighted by molar-refractivity contribution is 6.28. The quantitative estimate of drug-likeness (QED) is 0.287. The summed E-state index contributed by atoms with van der Waals surface area (Å²) >= 11 is 5.95. The first-order chi connectivity index (χ1) is 20.3. The Morgan fingerprint density at radius 1 is 1.12 bits per heavy atom. The number of nitrogens with one attached hydrogen (secondary N) is 2. The number of carbonyl (C=O) groups excluding carboxylic acids is 2. The van der Waals surface area contributed by atoms with Crippen LogP contribution in [0.3, 0.4) is 0 Å². The fraction of sp³-hybridized carbons (Fsp3) is 0.267. The highest BCUT2D eigenvalue weighted by Crippen LogP contribution is 2.37. The summed E-state index contributed by atoms with van der Waals surface area (Å²) in [4.78, 5) is 45.5. The van der Waals surface area contributed by atoms with E-state index in [2.05, 4.69) is 39.4 Å². The lowest BCUT2D eigenvalue weighted by molar-refractivity contribution is 0.0723. The van der Waals surface area contributed by atoms with Crippen LogP contribution in [0.15, 0.2) is 72.8 Å². The van der Waals surface area contributed by atoms with E-state index < -0.39 is 0 Å². The number of halogens is 1. The summed E-state index contributed by atoms with van der Waals surface area (Å²) in [5.74, 6) is 0.909. The van der Waals surface area contributed by atoms with Gasteiger partial charge in [-0.1, -0.05) is 26.0 Å². The number of dihydropyridines is 1. The molecule has 0 spiro atoms. The Morgan fingerprint density at radius 3 is 2.69 bits per heavy atom. The van der Waals surface area contributed by atoms with Crippen LogP contribution in [0.4, 0.5) is 5.82 Å². The lowest BCUT2D eigenvalue weighted by atomic mass is 10.0. The number of nitrogens with zero attached hydrogens (tertiary/aromatic N) is 6. The van der Waals surface area contributed by atoms with Gasteiger partial charge in [0.2, 0.25) is 5.28 Å². The number of likely N-dealkylation sites (tertiary alicyclic amines) is 1. The monoisotopic (exact) mass is 583 g/mol. The second kappa shape index (κ2) is 11.2. The highest BCUT2D eigenvalue weighted by atomic mass is 35.5. The molecule has 2 amide bonds. The summed E-state index contributed by atoms with van der Waals surface area (Å²) < 4.78 is 1.89. The lowest BCUT2D eigenvalue weighted by Gasteiger charge is -2.23. The normalized spacial score (nSPS) is 18.3. The van der Waals surface area contributed by atoms with Crippen molar-refractivity contribution in [3.63, 3.8) is 0 Å². The topological polar surface area (TPSA) is 143 Å². The Bertz CT molecular complexity index is 1730. The van der Waals surface area contributed by atoms with E-state index in [1.165, 1.54) is 6.20 Å². The Labute approximate surface area is 247 Å². The molecule has 4 aromatic rings. The molecule has 1 saturated heterocycles. The van der Waals surface area contributed by atoms with Crippen molar-refractivity contribution in [3.8, 4) is 11.3 Å². The number of nitrogens with two attached hydrogens (primary N) is 1. The molecule has 2 unspecified atom stereocenters. The highest BCUT2D eigenvalue weighted by Gasteiger charge is 2.35. The Hall–Kier alpha value is -4.77. The van der Waals surface area contributed by atoms with Crippen LogP contribution >= 0.6 is 11.6 Å². The first kappa shape index (κ1) is 27.4. The number of carbonyl (C=O) groups is 2. The maximum absolute atomic E-state index is 13.4. The molecule has 12 heteroatoms. The van der Waals surface area contributed by atoms with Crippen LogP contribution in [-0.2, 0) is 0 Å². The molecule has 42 heavy (non-hydrogen) atoms. The minimum Gasteiger partial charge on any atom is -0.382 e. The number of amides is 2. The predicted octanol–water partition coefficient (Wildman–Crippen LogP) is 4.15. The van der Waals surface area contributed by atoms with Crippen molar-refractivity contribution in [2.75, 3.05) is 12.3 Å². The molecule has 2 aliphatic heterocycles. The van der Waals surface area contributed by atoms with Gasteiger partial charge in [-0.05, 0) is 72.5 Å². The first-order valence-corrected chi connectivity index (χ1v) is 14.2. The Morgan fingerprint density at radius 2 is 1.93 bits per heavy atom. The van der Waals surface area contributed by atoms with Crippen molar-refractivity contribution in [2.45, 2.75) is 38.9 Å². The summed E-state index contributed by atoms with van der Waals surface area (Å²) in [6.07, 6.45) is 12.0. The van der Waals surface area contributed by atoms with Crippen LogP contribution in [-0.4, -0.2) is 53.8 Å². The molecule has 2 aliphatic rings. The average Bonchev–Trinajstić information content (AvgIpc) is 3.63. The molecular weight excluding hydrogens is 554 g/mol. The molecular formula is C30H30ClN9O2. The molecule has 6 rings (SSSR count). The summed E-state index contributed by atoms with van der Waals surface area (Å²) in [6.45, 7) is 4.78. The molecule has 11 nitrogen and oxygen atoms in total. The average molecular weight is 584 g/mol. The fourth-order valence-electron chi connectivity index (χ4n) is 5.42. The van der Waals surface area contributed by atoms with Crippen LogP contribution in [0.25, 0.3) is 16.8 Å².